The van der Waals surface area contributed by atoms with Crippen molar-refractivity contribution in [3.05, 3.63) is 46.9 Å². The Morgan fingerprint density at radius 3 is 2.72 bits per heavy atom. The summed E-state index contributed by atoms with van der Waals surface area (Å²) < 4.78 is 13.1. The molecule has 1 aromatic carbocycles. The van der Waals surface area contributed by atoms with Crippen molar-refractivity contribution < 1.29 is 14.3 Å². The molecule has 0 radical (unpaired) electrons. The summed E-state index contributed by atoms with van der Waals surface area (Å²) in [6.07, 6.45) is 1.38. The Kier molecular flexibility index (Phi) is 3.16. The van der Waals surface area contributed by atoms with Crippen LogP contribution in [0.3, 0.4) is 0 Å². The average molecular weight is 267 g/mol. The number of aromatic nitrogens is 1. The molecule has 0 spiro atoms. The predicted octanol–water partition coefficient (Wildman–Crippen LogP) is 2.82. The molecule has 3 N–H and O–H groups in total. The molecule has 0 fully saturated rings. The molecule has 1 aromatic heterocycles. The van der Waals surface area contributed by atoms with Crippen molar-refractivity contribution >= 4 is 23.4 Å². The van der Waals surface area contributed by atoms with Gasteiger partial charge in [-0.15, -0.1) is 0 Å². The maximum absolute atomic E-state index is 13.1. The monoisotopic (exact) mass is 266 g/mol. The first-order valence-electron chi connectivity index (χ1n) is 4.94. The number of rotatable bonds is 2. The van der Waals surface area contributed by atoms with Crippen molar-refractivity contribution in [3.63, 3.8) is 0 Å². The van der Waals surface area contributed by atoms with Gasteiger partial charge in [-0.05, 0) is 23.8 Å². The van der Waals surface area contributed by atoms with Crippen LogP contribution >= 0.6 is 11.6 Å². The van der Waals surface area contributed by atoms with Crippen LogP contribution in [0.4, 0.5) is 10.2 Å². The van der Waals surface area contributed by atoms with Gasteiger partial charge in [0.15, 0.2) is 0 Å². The number of nitrogens with zero attached hydrogens (tertiary/aromatic N) is 1. The number of carboxylic acid groups (broad SMARTS) is 1. The largest absolute Gasteiger partial charge is 0.478 e. The molecular weight excluding hydrogens is 259 g/mol. The highest BCUT2D eigenvalue weighted by molar-refractivity contribution is 6.31. The van der Waals surface area contributed by atoms with Crippen LogP contribution in [0, 0.1) is 5.82 Å². The lowest BCUT2D eigenvalue weighted by Crippen LogP contribution is -2.06. The molecule has 0 aliphatic rings. The second-order valence-electron chi connectivity index (χ2n) is 3.55. The lowest BCUT2D eigenvalue weighted by molar-refractivity contribution is 0.0698. The van der Waals surface area contributed by atoms with Crippen LogP contribution in [0.5, 0.6) is 0 Å². The van der Waals surface area contributed by atoms with Gasteiger partial charge in [0.05, 0.1) is 5.02 Å². The number of hydrogen-bond acceptors (Lipinski definition) is 3. The highest BCUT2D eigenvalue weighted by Gasteiger charge is 2.16. The average Bonchev–Trinajstić information content (AvgIpc) is 2.32. The zero-order valence-electron chi connectivity index (χ0n) is 9.02. The van der Waals surface area contributed by atoms with Crippen LogP contribution in [0.25, 0.3) is 11.1 Å². The predicted molar refractivity (Wildman–Crippen MR) is 66.0 cm³/mol. The van der Waals surface area contributed by atoms with E-state index in [0.29, 0.717) is 11.1 Å². The third-order valence-corrected chi connectivity index (χ3v) is 2.71. The normalized spacial score (nSPS) is 10.3. The van der Waals surface area contributed by atoms with Crippen molar-refractivity contribution in [2.24, 2.45) is 0 Å². The van der Waals surface area contributed by atoms with Crippen LogP contribution in [-0.2, 0) is 0 Å². The minimum Gasteiger partial charge on any atom is -0.478 e. The fraction of sp³-hybridized carbons (Fsp3) is 0. The minimum atomic E-state index is -1.20. The number of carboxylic acids is 1. The molecule has 0 saturated heterocycles. The van der Waals surface area contributed by atoms with Crippen LogP contribution in [0.15, 0.2) is 30.5 Å². The minimum absolute atomic E-state index is 0.0841. The van der Waals surface area contributed by atoms with Gasteiger partial charge < -0.3 is 10.8 Å². The lowest BCUT2D eigenvalue weighted by Gasteiger charge is -2.08. The second-order valence-corrected chi connectivity index (χ2v) is 3.96. The third-order valence-electron chi connectivity index (χ3n) is 2.42. The third kappa shape index (κ3) is 2.12. The molecule has 1 heterocycles. The molecular formula is C12H8ClFN2O2. The van der Waals surface area contributed by atoms with E-state index in [4.69, 9.17) is 22.4 Å². The molecule has 2 rings (SSSR count). The standard InChI is InChI=1S/C12H8ClFN2O2/c13-8-5-6(1-2-9(8)14)7-3-4-16-11(15)10(7)12(17)18/h1-5H,(H2,15,16)(H,17,18). The lowest BCUT2D eigenvalue weighted by atomic mass is 10.0. The first-order chi connectivity index (χ1) is 8.50. The van der Waals surface area contributed by atoms with Gasteiger partial charge in [0.25, 0.3) is 0 Å². The Morgan fingerprint density at radius 1 is 1.39 bits per heavy atom. The van der Waals surface area contributed by atoms with Crippen molar-refractivity contribution in [3.8, 4) is 11.1 Å². The maximum Gasteiger partial charge on any atom is 0.340 e. The molecule has 0 aliphatic carbocycles. The summed E-state index contributed by atoms with van der Waals surface area (Å²) in [5.74, 6) is -1.86. The number of anilines is 1. The van der Waals surface area contributed by atoms with E-state index in [2.05, 4.69) is 4.98 Å². The highest BCUT2D eigenvalue weighted by Crippen LogP contribution is 2.29. The van der Waals surface area contributed by atoms with Crippen LogP contribution in [0.1, 0.15) is 10.4 Å². The smallest absolute Gasteiger partial charge is 0.340 e. The molecule has 18 heavy (non-hydrogen) atoms. The second kappa shape index (κ2) is 4.62. The molecule has 0 amide bonds. The maximum atomic E-state index is 13.1. The zero-order chi connectivity index (χ0) is 13.3. The summed E-state index contributed by atoms with van der Waals surface area (Å²) in [4.78, 5) is 14.9. The summed E-state index contributed by atoms with van der Waals surface area (Å²) >= 11 is 5.67. The summed E-state index contributed by atoms with van der Waals surface area (Å²) in [6, 6.07) is 5.43. The van der Waals surface area contributed by atoms with Crippen molar-refractivity contribution in [2.75, 3.05) is 5.73 Å². The molecule has 4 nitrogen and oxygen atoms in total. The fourth-order valence-electron chi connectivity index (χ4n) is 1.61. The molecule has 2 aromatic rings. The Labute approximate surface area is 107 Å². The number of halogens is 2. The molecule has 0 saturated carbocycles. The van der Waals surface area contributed by atoms with Gasteiger partial charge in [0, 0.05) is 11.8 Å². The first-order valence-corrected chi connectivity index (χ1v) is 5.31. The molecule has 0 bridgehead atoms. The fourth-order valence-corrected chi connectivity index (χ4v) is 1.79. The van der Waals surface area contributed by atoms with Crippen molar-refractivity contribution in [2.45, 2.75) is 0 Å². The first kappa shape index (κ1) is 12.3. The molecule has 92 valence electrons. The van der Waals surface area contributed by atoms with E-state index in [1.165, 1.54) is 30.5 Å². The number of benzene rings is 1. The number of pyridine rings is 1. The van der Waals surface area contributed by atoms with Crippen LogP contribution in [0.2, 0.25) is 5.02 Å². The van der Waals surface area contributed by atoms with E-state index in [9.17, 15) is 9.18 Å². The zero-order valence-corrected chi connectivity index (χ0v) is 9.78. The quantitative estimate of drug-likeness (QED) is 0.876. The highest BCUT2D eigenvalue weighted by atomic mass is 35.5. The van der Waals surface area contributed by atoms with Gasteiger partial charge >= 0.3 is 5.97 Å². The van der Waals surface area contributed by atoms with Gasteiger partial charge in [-0.3, -0.25) is 0 Å². The number of nitrogen functional groups attached to an aromatic ring is 1. The summed E-state index contributed by atoms with van der Waals surface area (Å²) in [6.45, 7) is 0. The van der Waals surface area contributed by atoms with Crippen molar-refractivity contribution in [1.82, 2.24) is 4.98 Å². The van der Waals surface area contributed by atoms with Gasteiger partial charge in [0.2, 0.25) is 0 Å². The van der Waals surface area contributed by atoms with Gasteiger partial charge in [-0.1, -0.05) is 17.7 Å². The Balaban J connectivity index is 2.67. The summed E-state index contributed by atoms with van der Waals surface area (Å²) in [5, 5.41) is 9.02. The number of carbonyl (C=O) groups is 1. The van der Waals surface area contributed by atoms with Gasteiger partial charge in [0.1, 0.15) is 17.2 Å². The summed E-state index contributed by atoms with van der Waals surface area (Å²) in [5.41, 5.74) is 6.21. The number of nitrogens with two attached hydrogens (primary N) is 1. The molecule has 0 aliphatic heterocycles. The summed E-state index contributed by atoms with van der Waals surface area (Å²) in [7, 11) is 0. The van der Waals surface area contributed by atoms with Gasteiger partial charge in [-0.2, -0.15) is 0 Å². The Bertz CT molecular complexity index is 631. The van der Waals surface area contributed by atoms with Crippen molar-refractivity contribution in [1.29, 1.82) is 0 Å². The molecule has 6 heteroatoms. The SMILES string of the molecule is Nc1nccc(-c2ccc(F)c(Cl)c2)c1C(=O)O. The van der Waals surface area contributed by atoms with E-state index in [0.717, 1.165) is 0 Å². The van der Waals surface area contributed by atoms with Gasteiger partial charge in [-0.25, -0.2) is 14.2 Å². The van der Waals surface area contributed by atoms with Crippen LogP contribution in [-0.4, -0.2) is 16.1 Å². The van der Waals surface area contributed by atoms with E-state index < -0.39 is 11.8 Å². The van der Waals surface area contributed by atoms with E-state index in [1.807, 2.05) is 0 Å². The Hall–Kier alpha value is -2.14. The van der Waals surface area contributed by atoms with E-state index in [1.54, 1.807) is 0 Å². The van der Waals surface area contributed by atoms with E-state index >= 15 is 0 Å². The molecule has 0 atom stereocenters. The molecule has 0 unspecified atom stereocenters. The van der Waals surface area contributed by atoms with Crippen LogP contribution < -0.4 is 5.73 Å². The topological polar surface area (TPSA) is 76.2 Å². The van der Waals surface area contributed by atoms with E-state index in [-0.39, 0.29) is 16.4 Å². The number of hydrogen-bond donors (Lipinski definition) is 2. The number of aromatic carboxylic acids is 1. The Morgan fingerprint density at radius 2 is 2.11 bits per heavy atom.